The molecule has 0 bridgehead atoms. The number of aryl methyl sites for hydroxylation is 1. The predicted molar refractivity (Wildman–Crippen MR) is 123 cm³/mol. The number of nitrogens with zero attached hydrogens (tertiary/aromatic N) is 6. The number of hydrogen-bond donors (Lipinski definition) is 0. The molecule has 7 heteroatoms. The number of aromatic nitrogens is 2. The number of nitriles is 1. The summed E-state index contributed by atoms with van der Waals surface area (Å²) in [6.45, 7) is 11.8. The Balaban J connectivity index is 1.67. The van der Waals surface area contributed by atoms with Crippen LogP contribution >= 0.6 is 0 Å². The summed E-state index contributed by atoms with van der Waals surface area (Å²) in [7, 11) is 0. The predicted octanol–water partition coefficient (Wildman–Crippen LogP) is 3.37. The molecule has 1 aromatic carbocycles. The van der Waals surface area contributed by atoms with Crippen molar-refractivity contribution in [2.24, 2.45) is 0 Å². The molecule has 1 unspecified atom stereocenters. The summed E-state index contributed by atoms with van der Waals surface area (Å²) in [4.78, 5) is 28.8. The Hall–Kier alpha value is -2.98. The summed E-state index contributed by atoms with van der Waals surface area (Å²) in [6, 6.07) is 13.5. The molecule has 1 fully saturated rings. The van der Waals surface area contributed by atoms with Gasteiger partial charge < -0.3 is 9.80 Å². The van der Waals surface area contributed by atoms with Crippen LogP contribution in [0.1, 0.15) is 44.6 Å². The number of rotatable bonds is 7. The number of benzene rings is 1. The van der Waals surface area contributed by atoms with Gasteiger partial charge in [-0.15, -0.1) is 0 Å². The van der Waals surface area contributed by atoms with Gasteiger partial charge in [0.25, 0.3) is 0 Å². The van der Waals surface area contributed by atoms with E-state index in [0.717, 1.165) is 49.2 Å². The fraction of sp³-hybridized carbons (Fsp3) is 0.500. The number of anilines is 2. The molecule has 2 aromatic rings. The van der Waals surface area contributed by atoms with Crippen molar-refractivity contribution >= 4 is 17.4 Å². The second-order valence-corrected chi connectivity index (χ2v) is 8.31. The molecule has 1 aliphatic rings. The Morgan fingerprint density at radius 3 is 2.42 bits per heavy atom. The third kappa shape index (κ3) is 5.59. The highest BCUT2D eigenvalue weighted by atomic mass is 16.2. The lowest BCUT2D eigenvalue weighted by molar-refractivity contribution is -0.123. The van der Waals surface area contributed by atoms with Crippen LogP contribution in [0.25, 0.3) is 0 Å². The van der Waals surface area contributed by atoms with E-state index >= 15 is 0 Å². The first-order valence-corrected chi connectivity index (χ1v) is 11.0. The van der Waals surface area contributed by atoms with E-state index in [-0.39, 0.29) is 17.9 Å². The molecule has 1 saturated heterocycles. The largest absolute Gasteiger partial charge is 0.354 e. The Morgan fingerprint density at radius 1 is 1.13 bits per heavy atom. The van der Waals surface area contributed by atoms with Gasteiger partial charge in [-0.1, -0.05) is 32.0 Å². The molecule has 1 amide bonds. The molecule has 0 aliphatic carbocycles. The fourth-order valence-electron chi connectivity index (χ4n) is 3.85. The second-order valence-electron chi connectivity index (χ2n) is 8.31. The Bertz CT molecular complexity index is 915. The quantitative estimate of drug-likeness (QED) is 0.684. The first-order chi connectivity index (χ1) is 14.9. The maximum Gasteiger partial charge on any atom is 0.244 e. The van der Waals surface area contributed by atoms with Gasteiger partial charge in [0.15, 0.2) is 0 Å². The molecule has 0 radical (unpaired) electrons. The second kappa shape index (κ2) is 10.4. The molecule has 3 rings (SSSR count). The molecule has 0 spiro atoms. The zero-order valence-electron chi connectivity index (χ0n) is 19.0. The third-order valence-electron chi connectivity index (χ3n) is 5.70. The van der Waals surface area contributed by atoms with E-state index in [4.69, 9.17) is 10.2 Å². The van der Waals surface area contributed by atoms with E-state index in [2.05, 4.69) is 34.7 Å². The number of carbonyl (C=O) groups excluding carboxylic acids is 1. The van der Waals surface area contributed by atoms with Crippen LogP contribution in [0.3, 0.4) is 0 Å². The van der Waals surface area contributed by atoms with Crippen LogP contribution < -0.4 is 9.80 Å². The van der Waals surface area contributed by atoms with Gasteiger partial charge in [0.05, 0.1) is 18.5 Å². The van der Waals surface area contributed by atoms with E-state index in [9.17, 15) is 4.79 Å². The van der Waals surface area contributed by atoms with Crippen molar-refractivity contribution in [3.05, 3.63) is 47.9 Å². The maximum absolute atomic E-state index is 13.3. The zero-order chi connectivity index (χ0) is 22.4. The molecule has 2 heterocycles. The van der Waals surface area contributed by atoms with Gasteiger partial charge in [0.1, 0.15) is 11.6 Å². The Morgan fingerprint density at radius 2 is 1.81 bits per heavy atom. The van der Waals surface area contributed by atoms with Gasteiger partial charge in [-0.3, -0.25) is 9.69 Å². The molecular formula is C24H32N6O. The molecule has 1 aliphatic heterocycles. The monoisotopic (exact) mass is 420 g/mol. The number of amides is 1. The number of piperazine rings is 1. The van der Waals surface area contributed by atoms with Crippen molar-refractivity contribution in [2.45, 2.75) is 46.1 Å². The minimum atomic E-state index is -0.251. The maximum atomic E-state index is 13.3. The van der Waals surface area contributed by atoms with E-state index < -0.39 is 0 Å². The first-order valence-electron chi connectivity index (χ1n) is 11.0. The lowest BCUT2D eigenvalue weighted by Crippen LogP contribution is -2.55. The minimum absolute atomic E-state index is 0.0369. The average Bonchev–Trinajstić information content (AvgIpc) is 2.79. The van der Waals surface area contributed by atoms with E-state index in [1.54, 1.807) is 4.90 Å². The van der Waals surface area contributed by atoms with Gasteiger partial charge >= 0.3 is 0 Å². The topological polar surface area (TPSA) is 76.4 Å². The molecule has 1 atom stereocenters. The highest BCUT2D eigenvalue weighted by Gasteiger charge is 2.30. The number of carbonyl (C=O) groups is 1. The molecule has 0 N–H and O–H groups in total. The SMILES string of the molecule is Cc1cc(N2CCN(C(C)C(=O)N(CCC#N)c3ccccc3)CC2)nc(C(C)C)n1. The molecule has 0 saturated carbocycles. The van der Waals surface area contributed by atoms with Gasteiger partial charge in [-0.25, -0.2) is 9.97 Å². The van der Waals surface area contributed by atoms with Crippen molar-refractivity contribution < 1.29 is 4.79 Å². The van der Waals surface area contributed by atoms with E-state index in [1.165, 1.54) is 0 Å². The highest BCUT2D eigenvalue weighted by molar-refractivity contribution is 5.97. The smallest absolute Gasteiger partial charge is 0.244 e. The normalized spacial score (nSPS) is 15.5. The van der Waals surface area contributed by atoms with Gasteiger partial charge in [-0.05, 0) is 26.0 Å². The van der Waals surface area contributed by atoms with Crippen molar-refractivity contribution in [2.75, 3.05) is 42.5 Å². The third-order valence-corrected chi connectivity index (χ3v) is 5.70. The van der Waals surface area contributed by atoms with E-state index in [0.29, 0.717) is 13.0 Å². The van der Waals surface area contributed by atoms with E-state index in [1.807, 2.05) is 50.2 Å². The van der Waals surface area contributed by atoms with Gasteiger partial charge in [0.2, 0.25) is 5.91 Å². The molecule has 164 valence electrons. The molecule has 7 nitrogen and oxygen atoms in total. The molecule has 31 heavy (non-hydrogen) atoms. The zero-order valence-corrected chi connectivity index (χ0v) is 19.0. The van der Waals surface area contributed by atoms with Crippen LogP contribution in [0.2, 0.25) is 0 Å². The molecule has 1 aromatic heterocycles. The Labute approximate surface area is 185 Å². The summed E-state index contributed by atoms with van der Waals surface area (Å²) >= 11 is 0. The van der Waals surface area contributed by atoms with Crippen molar-refractivity contribution in [3.63, 3.8) is 0 Å². The fourth-order valence-corrected chi connectivity index (χ4v) is 3.85. The van der Waals surface area contributed by atoms with Crippen LogP contribution in [0.4, 0.5) is 11.5 Å². The van der Waals surface area contributed by atoms with Crippen LogP contribution in [-0.4, -0.2) is 59.5 Å². The van der Waals surface area contributed by atoms with Crippen molar-refractivity contribution in [3.8, 4) is 6.07 Å². The highest BCUT2D eigenvalue weighted by Crippen LogP contribution is 2.21. The van der Waals surface area contributed by atoms with Gasteiger partial charge in [0, 0.05) is 56.1 Å². The van der Waals surface area contributed by atoms with Crippen molar-refractivity contribution in [1.29, 1.82) is 5.26 Å². The van der Waals surface area contributed by atoms with Crippen molar-refractivity contribution in [1.82, 2.24) is 14.9 Å². The Kier molecular flexibility index (Phi) is 7.59. The van der Waals surface area contributed by atoms with Crippen LogP contribution in [0.15, 0.2) is 36.4 Å². The van der Waals surface area contributed by atoms with Crippen LogP contribution in [-0.2, 0) is 4.79 Å². The summed E-state index contributed by atoms with van der Waals surface area (Å²) in [5.41, 5.74) is 1.82. The summed E-state index contributed by atoms with van der Waals surface area (Å²) in [6.07, 6.45) is 0.312. The lowest BCUT2D eigenvalue weighted by atomic mass is 10.1. The number of hydrogen-bond acceptors (Lipinski definition) is 6. The van der Waals surface area contributed by atoms with Gasteiger partial charge in [-0.2, -0.15) is 5.26 Å². The van der Waals surface area contributed by atoms with Crippen LogP contribution in [0, 0.1) is 18.3 Å². The minimum Gasteiger partial charge on any atom is -0.354 e. The standard InChI is InChI=1S/C24H32N6O/c1-18(2)23-26-19(3)17-22(27-23)29-15-13-28(14-16-29)20(4)24(31)30(12-8-11-25)21-9-6-5-7-10-21/h5-7,9-10,17-18,20H,8,12-16H2,1-4H3. The van der Waals surface area contributed by atoms with Crippen LogP contribution in [0.5, 0.6) is 0 Å². The lowest BCUT2D eigenvalue weighted by Gasteiger charge is -2.39. The summed E-state index contributed by atoms with van der Waals surface area (Å²) < 4.78 is 0. The summed E-state index contributed by atoms with van der Waals surface area (Å²) in [5.74, 6) is 2.16. The first kappa shape index (κ1) is 22.7. The number of para-hydroxylation sites is 1. The average molecular weight is 421 g/mol. The molecular weight excluding hydrogens is 388 g/mol. The summed E-state index contributed by atoms with van der Waals surface area (Å²) in [5, 5.41) is 9.03.